The summed E-state index contributed by atoms with van der Waals surface area (Å²) in [7, 11) is 0. The number of carbonyl (C=O) groups excluding carboxylic acids is 1. The van der Waals surface area contributed by atoms with Gasteiger partial charge in [-0.2, -0.15) is 0 Å². The summed E-state index contributed by atoms with van der Waals surface area (Å²) in [6.07, 6.45) is 5.38. The highest BCUT2D eigenvalue weighted by atomic mass is 19.1. The summed E-state index contributed by atoms with van der Waals surface area (Å²) in [6, 6.07) is 6.32. The van der Waals surface area contributed by atoms with E-state index in [1.165, 1.54) is 25.0 Å². The third kappa shape index (κ3) is 5.84. The Labute approximate surface area is 166 Å². The van der Waals surface area contributed by atoms with Crippen LogP contribution in [0.3, 0.4) is 0 Å². The Hall–Kier alpha value is -2.31. The van der Waals surface area contributed by atoms with Crippen molar-refractivity contribution in [3.8, 4) is 5.75 Å². The van der Waals surface area contributed by atoms with Crippen LogP contribution in [0.1, 0.15) is 39.0 Å². The van der Waals surface area contributed by atoms with Gasteiger partial charge in [0.25, 0.3) is 0 Å². The summed E-state index contributed by atoms with van der Waals surface area (Å²) in [5.74, 6) is 1.48. The first kappa shape index (κ1) is 20.4. The standard InChI is InChI=1S/C21H31FN4O2/c1-2-23-21(24-11-13-28-19-9-5-8-17(22)14-19)25-18-10-12-26(15-18)20(27)16-6-3-4-7-16/h5,8-9,14,16,18H,2-4,6-7,10-13,15H2,1H3,(H2,23,24,25). The molecule has 2 fully saturated rings. The lowest BCUT2D eigenvalue weighted by atomic mass is 10.1. The molecule has 0 bridgehead atoms. The van der Waals surface area contributed by atoms with Gasteiger partial charge in [-0.3, -0.25) is 4.79 Å². The van der Waals surface area contributed by atoms with Gasteiger partial charge in [0.2, 0.25) is 5.91 Å². The Balaban J connectivity index is 1.44. The first-order valence-electron chi connectivity index (χ1n) is 10.4. The number of ether oxygens (including phenoxy) is 1. The minimum atomic E-state index is -0.311. The molecule has 7 heteroatoms. The van der Waals surface area contributed by atoms with Crippen molar-refractivity contribution in [2.24, 2.45) is 10.9 Å². The number of likely N-dealkylation sites (tertiary alicyclic amines) is 1. The van der Waals surface area contributed by atoms with Gasteiger partial charge >= 0.3 is 0 Å². The zero-order chi connectivity index (χ0) is 19.8. The number of benzene rings is 1. The van der Waals surface area contributed by atoms with Gasteiger partial charge in [0, 0.05) is 37.7 Å². The third-order valence-electron chi connectivity index (χ3n) is 5.32. The molecule has 6 nitrogen and oxygen atoms in total. The first-order chi connectivity index (χ1) is 13.7. The molecular formula is C21H31FN4O2. The molecule has 0 radical (unpaired) electrons. The molecule has 1 heterocycles. The van der Waals surface area contributed by atoms with Gasteiger partial charge in [-0.15, -0.1) is 0 Å². The normalized spacial score (nSPS) is 20.4. The molecule has 1 aliphatic carbocycles. The summed E-state index contributed by atoms with van der Waals surface area (Å²) in [4.78, 5) is 19.1. The zero-order valence-corrected chi connectivity index (χ0v) is 16.6. The maximum absolute atomic E-state index is 13.2. The molecule has 2 N–H and O–H groups in total. The lowest BCUT2D eigenvalue weighted by Crippen LogP contribution is -2.45. The van der Waals surface area contributed by atoms with E-state index in [0.717, 1.165) is 44.9 Å². The van der Waals surface area contributed by atoms with Gasteiger partial charge in [-0.05, 0) is 38.3 Å². The molecule has 1 atom stereocenters. The Bertz CT molecular complexity index is 676. The fraction of sp³-hybridized carbons (Fsp3) is 0.619. The molecule has 1 unspecified atom stereocenters. The second-order valence-electron chi connectivity index (χ2n) is 7.46. The molecular weight excluding hydrogens is 359 g/mol. The van der Waals surface area contributed by atoms with Crippen LogP contribution in [0.2, 0.25) is 0 Å². The lowest BCUT2D eigenvalue weighted by Gasteiger charge is -2.21. The van der Waals surface area contributed by atoms with Crippen LogP contribution in [0, 0.1) is 11.7 Å². The largest absolute Gasteiger partial charge is 0.492 e. The van der Waals surface area contributed by atoms with Crippen LogP contribution in [0.5, 0.6) is 5.75 Å². The van der Waals surface area contributed by atoms with Gasteiger partial charge in [-0.25, -0.2) is 9.38 Å². The van der Waals surface area contributed by atoms with Gasteiger partial charge in [-0.1, -0.05) is 18.9 Å². The maximum atomic E-state index is 13.2. The van der Waals surface area contributed by atoms with E-state index in [4.69, 9.17) is 4.74 Å². The molecule has 3 rings (SSSR count). The van der Waals surface area contributed by atoms with E-state index in [-0.39, 0.29) is 17.8 Å². The summed E-state index contributed by atoms with van der Waals surface area (Å²) in [5.41, 5.74) is 0. The average Bonchev–Trinajstić information content (AvgIpc) is 3.37. The predicted molar refractivity (Wildman–Crippen MR) is 108 cm³/mol. The van der Waals surface area contributed by atoms with Gasteiger partial charge in [0.1, 0.15) is 18.2 Å². The van der Waals surface area contributed by atoms with Crippen LogP contribution in [-0.4, -0.2) is 55.6 Å². The highest BCUT2D eigenvalue weighted by Gasteiger charge is 2.32. The van der Waals surface area contributed by atoms with Crippen LogP contribution in [0.15, 0.2) is 29.3 Å². The number of hydrogen-bond donors (Lipinski definition) is 2. The molecule has 1 aromatic carbocycles. The van der Waals surface area contributed by atoms with Gasteiger partial charge < -0.3 is 20.3 Å². The third-order valence-corrected chi connectivity index (χ3v) is 5.32. The highest BCUT2D eigenvalue weighted by molar-refractivity contribution is 5.81. The minimum Gasteiger partial charge on any atom is -0.492 e. The Morgan fingerprint density at radius 1 is 1.32 bits per heavy atom. The Morgan fingerprint density at radius 3 is 2.89 bits per heavy atom. The second kappa shape index (κ2) is 10.3. The van der Waals surface area contributed by atoms with Crippen molar-refractivity contribution in [3.63, 3.8) is 0 Å². The van der Waals surface area contributed by atoms with Crippen molar-refractivity contribution in [1.82, 2.24) is 15.5 Å². The lowest BCUT2D eigenvalue weighted by molar-refractivity contribution is -0.134. The van der Waals surface area contributed by atoms with Crippen molar-refractivity contribution in [2.45, 2.75) is 45.1 Å². The fourth-order valence-corrected chi connectivity index (χ4v) is 3.90. The number of rotatable bonds is 7. The summed E-state index contributed by atoms with van der Waals surface area (Å²) < 4.78 is 18.7. The molecule has 28 heavy (non-hydrogen) atoms. The van der Waals surface area contributed by atoms with E-state index in [1.807, 2.05) is 11.8 Å². The molecule has 0 spiro atoms. The van der Waals surface area contributed by atoms with E-state index >= 15 is 0 Å². The van der Waals surface area contributed by atoms with Crippen LogP contribution in [0.4, 0.5) is 4.39 Å². The minimum absolute atomic E-state index is 0.215. The zero-order valence-electron chi connectivity index (χ0n) is 16.6. The van der Waals surface area contributed by atoms with E-state index in [1.54, 1.807) is 12.1 Å². The summed E-state index contributed by atoms with van der Waals surface area (Å²) in [5, 5.41) is 6.67. The molecule has 1 aromatic rings. The van der Waals surface area contributed by atoms with E-state index in [9.17, 15) is 9.18 Å². The van der Waals surface area contributed by atoms with Crippen LogP contribution in [-0.2, 0) is 4.79 Å². The predicted octanol–water partition coefficient (Wildman–Crippen LogP) is 2.55. The van der Waals surface area contributed by atoms with Crippen molar-refractivity contribution in [2.75, 3.05) is 32.8 Å². The number of halogens is 1. The summed E-state index contributed by atoms with van der Waals surface area (Å²) >= 11 is 0. The average molecular weight is 391 g/mol. The number of hydrogen-bond acceptors (Lipinski definition) is 3. The van der Waals surface area contributed by atoms with Crippen LogP contribution < -0.4 is 15.4 Å². The molecule has 0 aromatic heterocycles. The monoisotopic (exact) mass is 390 g/mol. The first-order valence-corrected chi connectivity index (χ1v) is 10.4. The molecule has 1 saturated heterocycles. The van der Waals surface area contributed by atoms with Crippen LogP contribution in [0.25, 0.3) is 0 Å². The van der Waals surface area contributed by atoms with Crippen molar-refractivity contribution in [3.05, 3.63) is 30.1 Å². The second-order valence-corrected chi connectivity index (χ2v) is 7.46. The highest BCUT2D eigenvalue weighted by Crippen LogP contribution is 2.27. The Kier molecular flexibility index (Phi) is 7.51. The number of amides is 1. The molecule has 2 aliphatic rings. The van der Waals surface area contributed by atoms with Gasteiger partial charge in [0.05, 0.1) is 6.54 Å². The SMILES string of the molecule is CCNC(=NCCOc1cccc(F)c1)NC1CCN(C(=O)C2CCCC2)C1. The van der Waals surface area contributed by atoms with Crippen molar-refractivity contribution < 1.29 is 13.9 Å². The fourth-order valence-electron chi connectivity index (χ4n) is 3.90. The molecule has 1 saturated carbocycles. The summed E-state index contributed by atoms with van der Waals surface area (Å²) in [6.45, 7) is 5.16. The van der Waals surface area contributed by atoms with Crippen molar-refractivity contribution >= 4 is 11.9 Å². The van der Waals surface area contributed by atoms with Crippen molar-refractivity contribution in [1.29, 1.82) is 0 Å². The number of guanidine groups is 1. The number of nitrogens with one attached hydrogen (secondary N) is 2. The van der Waals surface area contributed by atoms with E-state index in [0.29, 0.717) is 24.8 Å². The number of carbonyl (C=O) groups is 1. The smallest absolute Gasteiger partial charge is 0.225 e. The number of aliphatic imine (C=N–C) groups is 1. The molecule has 1 amide bonds. The van der Waals surface area contributed by atoms with Crippen LogP contribution >= 0.6 is 0 Å². The Morgan fingerprint density at radius 2 is 2.14 bits per heavy atom. The van der Waals surface area contributed by atoms with E-state index in [2.05, 4.69) is 15.6 Å². The van der Waals surface area contributed by atoms with E-state index < -0.39 is 0 Å². The molecule has 1 aliphatic heterocycles. The molecule has 154 valence electrons. The topological polar surface area (TPSA) is 66.0 Å². The number of nitrogens with zero attached hydrogens (tertiary/aromatic N) is 2. The maximum Gasteiger partial charge on any atom is 0.225 e. The van der Waals surface area contributed by atoms with Gasteiger partial charge in [0.15, 0.2) is 5.96 Å². The quantitative estimate of drug-likeness (QED) is 0.427.